The molecule has 66 heavy (non-hydrogen) atoms. The first-order chi connectivity index (χ1) is 32.2. The molecule has 5 aliphatic rings. The van der Waals surface area contributed by atoms with Crippen LogP contribution in [0.15, 0.2) is 76.7 Å². The summed E-state index contributed by atoms with van der Waals surface area (Å²) in [6.45, 7) is 12.4. The molecule has 0 bridgehead atoms. The van der Waals surface area contributed by atoms with E-state index in [-0.39, 0.29) is 23.9 Å². The predicted molar refractivity (Wildman–Crippen MR) is 251 cm³/mol. The van der Waals surface area contributed by atoms with Crippen molar-refractivity contribution in [1.82, 2.24) is 44.6 Å². The number of pyridine rings is 1. The van der Waals surface area contributed by atoms with E-state index in [1.165, 1.54) is 29.7 Å². The number of nitrogens with one attached hydrogen (secondary N) is 2. The van der Waals surface area contributed by atoms with Crippen LogP contribution >= 0.6 is 0 Å². The number of hydrogen-bond acceptors (Lipinski definition) is 13. The standard InChI is InChI=1S/C50H57N11O5/c1-3-23-60-48(64)40-30-51-49(55-46(40)61(60)41-13-6-32-15-22-50(65,4-2)45(32)53-41)52-33-7-9-34(10-8-33)58-25-17-36(18-26-58)59-27-19-35(20-28-59)57-24-16-31-5-11-38-43(39-12-14-42(62)54-47(39)63)56-66-44(38)37(31)21-29-57/h3,5-11,13,30,35-36,39,65H,1,4,12,14-29H2,2H3,(H,51,52,55)(H,54,62,63)/t39?,50-/m1/s1. The van der Waals surface area contributed by atoms with E-state index >= 15 is 0 Å². The summed E-state index contributed by atoms with van der Waals surface area (Å²) in [6, 6.07) is 17.7. The Morgan fingerprint density at radius 1 is 0.848 bits per heavy atom. The number of imide groups is 1. The number of amides is 2. The second-order valence-corrected chi connectivity index (χ2v) is 18.8. The van der Waals surface area contributed by atoms with Gasteiger partial charge >= 0.3 is 0 Å². The smallest absolute Gasteiger partial charge is 0.278 e. The van der Waals surface area contributed by atoms with Crippen LogP contribution in [0.1, 0.15) is 92.3 Å². The lowest BCUT2D eigenvalue weighted by atomic mass is 9.91. The molecular formula is C50H57N11O5. The number of likely N-dealkylation sites (tertiary alicyclic amines) is 1. The van der Waals surface area contributed by atoms with Crippen molar-refractivity contribution in [3.05, 3.63) is 106 Å². The maximum Gasteiger partial charge on any atom is 0.278 e. The average molecular weight is 892 g/mol. The summed E-state index contributed by atoms with van der Waals surface area (Å²) >= 11 is 0. The summed E-state index contributed by atoms with van der Waals surface area (Å²) in [4.78, 5) is 60.1. The molecule has 3 saturated heterocycles. The number of allylic oxidation sites excluding steroid dienone is 1. The molecule has 16 nitrogen and oxygen atoms in total. The van der Waals surface area contributed by atoms with Crippen LogP contribution in [0.25, 0.3) is 27.8 Å². The number of benzene rings is 2. The Morgan fingerprint density at radius 3 is 2.35 bits per heavy atom. The van der Waals surface area contributed by atoms with Gasteiger partial charge in [-0.25, -0.2) is 19.3 Å². The topological polar surface area (TPSA) is 180 Å². The van der Waals surface area contributed by atoms with Gasteiger partial charge in [-0.05, 0) is 125 Å². The summed E-state index contributed by atoms with van der Waals surface area (Å²) in [5, 5.41) is 22.8. The van der Waals surface area contributed by atoms with E-state index in [0.717, 1.165) is 93.6 Å². The SMILES string of the molecule is C=CCn1c(=O)c2cnc(Nc3ccc(N4CCC(N5CCC(N6CCc7ccc8c(C9CCC(=O)NC9=O)noc8c7CC6)CC5)CC4)cc3)nc2n1-c1ccc2c(n1)[C@@](O)(CC)CC2. The summed E-state index contributed by atoms with van der Waals surface area (Å²) in [7, 11) is 0. The molecule has 0 spiro atoms. The first-order valence-corrected chi connectivity index (χ1v) is 23.8. The van der Waals surface area contributed by atoms with E-state index in [2.05, 4.69) is 78.5 Å². The van der Waals surface area contributed by atoms with Crippen molar-refractivity contribution in [3.8, 4) is 5.82 Å². The van der Waals surface area contributed by atoms with Gasteiger partial charge in [0, 0.05) is 73.2 Å². The highest BCUT2D eigenvalue weighted by molar-refractivity contribution is 6.02. The highest BCUT2D eigenvalue weighted by atomic mass is 16.5. The molecule has 16 heteroatoms. The van der Waals surface area contributed by atoms with Crippen LogP contribution in [-0.2, 0) is 41.0 Å². The van der Waals surface area contributed by atoms with Gasteiger partial charge in [-0.15, -0.1) is 6.58 Å². The maximum absolute atomic E-state index is 13.6. The summed E-state index contributed by atoms with van der Waals surface area (Å²) in [6.07, 6.45) is 12.4. The Morgan fingerprint density at radius 2 is 1.59 bits per heavy atom. The van der Waals surface area contributed by atoms with Crippen LogP contribution in [0.4, 0.5) is 17.3 Å². The molecule has 342 valence electrons. The zero-order valence-electron chi connectivity index (χ0n) is 37.5. The lowest BCUT2D eigenvalue weighted by Crippen LogP contribution is -2.51. The minimum absolute atomic E-state index is 0.225. The Labute approximate surface area is 382 Å². The monoisotopic (exact) mass is 891 g/mol. The number of rotatable bonds is 10. The molecule has 4 aromatic heterocycles. The Kier molecular flexibility index (Phi) is 11.1. The fourth-order valence-corrected chi connectivity index (χ4v) is 11.4. The molecule has 8 heterocycles. The largest absolute Gasteiger partial charge is 0.384 e. The van der Waals surface area contributed by atoms with E-state index in [9.17, 15) is 19.5 Å². The summed E-state index contributed by atoms with van der Waals surface area (Å²) in [5.74, 6) is -0.0870. The number of anilines is 3. The van der Waals surface area contributed by atoms with Crippen LogP contribution < -0.4 is 21.1 Å². The van der Waals surface area contributed by atoms with Crippen molar-refractivity contribution in [2.45, 2.75) is 108 Å². The number of aliphatic hydroxyl groups is 1. The van der Waals surface area contributed by atoms with Crippen molar-refractivity contribution in [1.29, 1.82) is 0 Å². The number of hydrogen-bond donors (Lipinski definition) is 3. The second-order valence-electron chi connectivity index (χ2n) is 18.8. The molecule has 3 fully saturated rings. The lowest BCUT2D eigenvalue weighted by molar-refractivity contribution is -0.134. The molecule has 4 aliphatic heterocycles. The number of carbonyl (C=O) groups excluding carboxylic acids is 2. The zero-order valence-corrected chi connectivity index (χ0v) is 37.5. The Bertz CT molecular complexity index is 2910. The number of piperidine rings is 3. The first-order valence-electron chi connectivity index (χ1n) is 23.8. The number of aromatic nitrogens is 6. The van der Waals surface area contributed by atoms with Gasteiger partial charge in [-0.1, -0.05) is 30.3 Å². The van der Waals surface area contributed by atoms with Gasteiger partial charge in [0.2, 0.25) is 17.8 Å². The predicted octanol–water partition coefficient (Wildman–Crippen LogP) is 5.65. The molecule has 1 aliphatic carbocycles. The number of carbonyl (C=O) groups is 2. The third-order valence-electron chi connectivity index (χ3n) is 15.2. The maximum atomic E-state index is 13.6. The molecule has 11 rings (SSSR count). The highest BCUT2D eigenvalue weighted by Gasteiger charge is 2.38. The number of aryl methyl sites for hydroxylation is 1. The Balaban J connectivity index is 0.693. The number of nitrogens with zero attached hydrogens (tertiary/aromatic N) is 9. The summed E-state index contributed by atoms with van der Waals surface area (Å²) < 4.78 is 9.21. The molecule has 0 saturated carbocycles. The fourth-order valence-electron chi connectivity index (χ4n) is 11.4. The van der Waals surface area contributed by atoms with Crippen molar-refractivity contribution in [3.63, 3.8) is 0 Å². The van der Waals surface area contributed by atoms with Crippen molar-refractivity contribution in [2.75, 3.05) is 49.5 Å². The van der Waals surface area contributed by atoms with Gasteiger partial charge in [0.25, 0.3) is 5.56 Å². The van der Waals surface area contributed by atoms with Crippen LogP contribution in [-0.4, -0.2) is 108 Å². The molecule has 2 amide bonds. The van der Waals surface area contributed by atoms with Gasteiger partial charge in [0.15, 0.2) is 17.0 Å². The van der Waals surface area contributed by atoms with Crippen molar-refractivity contribution in [2.24, 2.45) is 0 Å². The minimum atomic E-state index is -0.991. The van der Waals surface area contributed by atoms with Crippen LogP contribution in [0.3, 0.4) is 0 Å². The van der Waals surface area contributed by atoms with Crippen molar-refractivity contribution >= 4 is 51.1 Å². The molecule has 0 radical (unpaired) electrons. The van der Waals surface area contributed by atoms with E-state index in [1.807, 2.05) is 19.1 Å². The molecule has 6 aromatic rings. The molecular weight excluding hydrogens is 835 g/mol. The van der Waals surface area contributed by atoms with E-state index in [0.29, 0.717) is 72.0 Å². The lowest BCUT2D eigenvalue weighted by Gasteiger charge is -2.44. The highest BCUT2D eigenvalue weighted by Crippen LogP contribution is 2.39. The van der Waals surface area contributed by atoms with Crippen molar-refractivity contribution < 1.29 is 19.2 Å². The summed E-state index contributed by atoms with van der Waals surface area (Å²) in [5.41, 5.74) is 6.89. The third kappa shape index (κ3) is 7.58. The molecule has 1 unspecified atom stereocenters. The van der Waals surface area contributed by atoms with E-state index in [4.69, 9.17) is 14.5 Å². The van der Waals surface area contributed by atoms with Gasteiger partial charge in [0.05, 0.1) is 18.2 Å². The van der Waals surface area contributed by atoms with Gasteiger partial charge in [-0.2, -0.15) is 4.98 Å². The van der Waals surface area contributed by atoms with Gasteiger partial charge < -0.3 is 24.7 Å². The van der Waals surface area contributed by atoms with Crippen LogP contribution in [0.2, 0.25) is 0 Å². The normalized spacial score (nSPS) is 22.4. The zero-order chi connectivity index (χ0) is 45.1. The average Bonchev–Trinajstić information content (AvgIpc) is 3.94. The minimum Gasteiger partial charge on any atom is -0.384 e. The Hall–Kier alpha value is -6.23. The van der Waals surface area contributed by atoms with Gasteiger partial charge in [0.1, 0.15) is 16.7 Å². The van der Waals surface area contributed by atoms with Crippen LogP contribution in [0, 0.1) is 0 Å². The van der Waals surface area contributed by atoms with E-state index in [1.54, 1.807) is 21.6 Å². The van der Waals surface area contributed by atoms with Gasteiger partial charge in [-0.3, -0.25) is 24.6 Å². The molecule has 2 aromatic carbocycles. The second kappa shape index (κ2) is 17.2. The third-order valence-corrected chi connectivity index (χ3v) is 15.2. The fraction of sp³-hybridized carbons (Fsp3) is 0.460. The molecule has 2 atom stereocenters. The van der Waals surface area contributed by atoms with Crippen LogP contribution in [0.5, 0.6) is 0 Å². The first kappa shape index (κ1) is 42.4. The molecule has 3 N–H and O–H groups in total. The van der Waals surface area contributed by atoms with E-state index < -0.39 is 11.5 Å². The number of fused-ring (bicyclic) bond motifs is 5. The quantitative estimate of drug-likeness (QED) is 0.114.